The average molecular weight is 366 g/mol. The van der Waals surface area contributed by atoms with Crippen LogP contribution in [0.3, 0.4) is 0 Å². The summed E-state index contributed by atoms with van der Waals surface area (Å²) in [5.74, 6) is 0.437. The molecule has 0 fully saturated rings. The van der Waals surface area contributed by atoms with E-state index in [9.17, 15) is 4.39 Å². The summed E-state index contributed by atoms with van der Waals surface area (Å²) in [7, 11) is 0. The molecular weight excluding hydrogens is 353 g/mol. The maximum absolute atomic E-state index is 12.9. The molecular formula is C15H13BrFN3S. The van der Waals surface area contributed by atoms with E-state index in [1.165, 1.54) is 35.7 Å². The molecule has 2 rings (SSSR count). The van der Waals surface area contributed by atoms with Crippen molar-refractivity contribution in [1.82, 2.24) is 0 Å². The minimum absolute atomic E-state index is 0.305. The Morgan fingerprint density at radius 1 is 1.24 bits per heavy atom. The van der Waals surface area contributed by atoms with Crippen molar-refractivity contribution in [2.45, 2.75) is 5.75 Å². The Hall–Kier alpha value is -1.66. The fourth-order valence-electron chi connectivity index (χ4n) is 1.51. The van der Waals surface area contributed by atoms with Gasteiger partial charge in [0.25, 0.3) is 0 Å². The Morgan fingerprint density at radius 2 is 2.00 bits per heavy atom. The predicted molar refractivity (Wildman–Crippen MR) is 91.1 cm³/mol. The molecule has 6 heteroatoms. The first-order valence-electron chi connectivity index (χ1n) is 6.13. The molecule has 0 spiro atoms. The van der Waals surface area contributed by atoms with E-state index in [0.29, 0.717) is 9.64 Å². The van der Waals surface area contributed by atoms with Crippen LogP contribution in [0.25, 0.3) is 0 Å². The van der Waals surface area contributed by atoms with Gasteiger partial charge in [0, 0.05) is 15.8 Å². The molecule has 2 aromatic rings. The summed E-state index contributed by atoms with van der Waals surface area (Å²) in [4.78, 5) is 0. The summed E-state index contributed by atoms with van der Waals surface area (Å²) >= 11 is 4.67. The summed E-state index contributed by atoms with van der Waals surface area (Å²) in [6, 6.07) is 14.3. The minimum atomic E-state index is -0.305. The Kier molecular flexibility index (Phi) is 5.95. The number of halogens is 2. The lowest BCUT2D eigenvalue weighted by molar-refractivity contribution is 0.627. The van der Waals surface area contributed by atoms with E-state index < -0.39 is 0 Å². The molecule has 0 aliphatic heterocycles. The van der Waals surface area contributed by atoms with Crippen molar-refractivity contribution in [3.05, 3.63) is 69.9 Å². The van der Waals surface area contributed by atoms with Gasteiger partial charge < -0.3 is 5.73 Å². The van der Waals surface area contributed by atoms with Gasteiger partial charge in [0.1, 0.15) is 5.82 Å². The molecule has 0 saturated carbocycles. The summed E-state index contributed by atoms with van der Waals surface area (Å²) in [5.41, 5.74) is 7.68. The van der Waals surface area contributed by atoms with Crippen molar-refractivity contribution in [1.29, 1.82) is 0 Å². The van der Waals surface area contributed by atoms with Crippen LogP contribution in [0.15, 0.2) is 63.2 Å². The van der Waals surface area contributed by atoms with Crippen molar-refractivity contribution in [2.75, 3.05) is 0 Å². The zero-order chi connectivity index (χ0) is 15.1. The number of hydrogen-bond acceptors (Lipinski definition) is 3. The molecule has 0 aromatic heterocycles. The van der Waals surface area contributed by atoms with E-state index in [1.807, 2.05) is 30.3 Å². The fourth-order valence-corrected chi connectivity index (χ4v) is 2.58. The second kappa shape index (κ2) is 7.95. The van der Waals surface area contributed by atoms with Crippen molar-refractivity contribution in [2.24, 2.45) is 15.9 Å². The molecule has 0 unspecified atom stereocenters. The third kappa shape index (κ3) is 5.32. The van der Waals surface area contributed by atoms with Gasteiger partial charge in [-0.3, -0.25) is 0 Å². The molecule has 0 aliphatic rings. The van der Waals surface area contributed by atoms with Gasteiger partial charge in [-0.25, -0.2) is 4.39 Å². The summed E-state index contributed by atoms with van der Waals surface area (Å²) in [6.07, 6.45) is 1.53. The number of benzene rings is 2. The predicted octanol–water partition coefficient (Wildman–Crippen LogP) is 4.17. The monoisotopic (exact) mass is 365 g/mol. The van der Waals surface area contributed by atoms with Gasteiger partial charge in [-0.2, -0.15) is 5.10 Å². The van der Waals surface area contributed by atoms with Gasteiger partial charge in [0.05, 0.1) is 6.21 Å². The van der Waals surface area contributed by atoms with Crippen LogP contribution in [-0.2, 0) is 5.75 Å². The Morgan fingerprint density at radius 3 is 2.71 bits per heavy atom. The Labute approximate surface area is 135 Å². The highest BCUT2D eigenvalue weighted by atomic mass is 79.9. The third-order valence-corrected chi connectivity index (χ3v) is 4.09. The van der Waals surface area contributed by atoms with Gasteiger partial charge >= 0.3 is 0 Å². The van der Waals surface area contributed by atoms with Gasteiger partial charge in [-0.1, -0.05) is 58.0 Å². The molecule has 0 saturated heterocycles. The van der Waals surface area contributed by atoms with E-state index in [0.717, 1.165) is 11.3 Å². The van der Waals surface area contributed by atoms with Crippen LogP contribution in [-0.4, -0.2) is 11.4 Å². The van der Waals surface area contributed by atoms with Crippen LogP contribution in [0, 0.1) is 5.82 Å². The number of nitrogens with two attached hydrogens (primary N) is 1. The molecule has 21 heavy (non-hydrogen) atoms. The van der Waals surface area contributed by atoms with E-state index in [4.69, 9.17) is 5.73 Å². The van der Waals surface area contributed by atoms with Crippen molar-refractivity contribution >= 4 is 39.1 Å². The molecule has 3 nitrogen and oxygen atoms in total. The maximum atomic E-state index is 12.9. The maximum Gasteiger partial charge on any atom is 0.180 e. The van der Waals surface area contributed by atoms with E-state index in [-0.39, 0.29) is 5.82 Å². The van der Waals surface area contributed by atoms with Crippen LogP contribution in [0.1, 0.15) is 11.1 Å². The molecule has 0 amide bonds. The van der Waals surface area contributed by atoms with Crippen molar-refractivity contribution < 1.29 is 4.39 Å². The SMILES string of the molecule is NC(=NN=Cc1ccc(F)cc1Br)SCc1ccccc1. The fraction of sp³-hybridized carbons (Fsp3) is 0.0667. The first-order valence-corrected chi connectivity index (χ1v) is 7.91. The highest BCUT2D eigenvalue weighted by Gasteiger charge is 1.99. The van der Waals surface area contributed by atoms with Crippen molar-refractivity contribution in [3.63, 3.8) is 0 Å². The van der Waals surface area contributed by atoms with Crippen LogP contribution in [0.5, 0.6) is 0 Å². The Bertz CT molecular complexity index is 659. The normalized spacial score (nSPS) is 12.0. The van der Waals surface area contributed by atoms with E-state index in [2.05, 4.69) is 26.1 Å². The lowest BCUT2D eigenvalue weighted by Gasteiger charge is -1.99. The minimum Gasteiger partial charge on any atom is -0.377 e. The van der Waals surface area contributed by atoms with Crippen molar-refractivity contribution in [3.8, 4) is 0 Å². The molecule has 0 bridgehead atoms. The summed E-state index contributed by atoms with van der Waals surface area (Å²) < 4.78 is 13.6. The highest BCUT2D eigenvalue weighted by molar-refractivity contribution is 9.10. The average Bonchev–Trinajstić information content (AvgIpc) is 2.48. The van der Waals surface area contributed by atoms with Crippen LogP contribution < -0.4 is 5.73 Å². The Balaban J connectivity index is 1.92. The first-order chi connectivity index (χ1) is 10.1. The van der Waals surface area contributed by atoms with E-state index >= 15 is 0 Å². The molecule has 0 aliphatic carbocycles. The van der Waals surface area contributed by atoms with Gasteiger partial charge in [-0.15, -0.1) is 5.10 Å². The lowest BCUT2D eigenvalue weighted by atomic mass is 10.2. The molecule has 2 N–H and O–H groups in total. The van der Waals surface area contributed by atoms with Gasteiger partial charge in [-0.05, 0) is 23.8 Å². The summed E-state index contributed by atoms with van der Waals surface area (Å²) in [6.45, 7) is 0. The second-order valence-electron chi connectivity index (χ2n) is 4.12. The highest BCUT2D eigenvalue weighted by Crippen LogP contribution is 2.16. The number of rotatable bonds is 4. The van der Waals surface area contributed by atoms with Crippen LogP contribution in [0.2, 0.25) is 0 Å². The molecule has 0 heterocycles. The summed E-state index contributed by atoms with van der Waals surface area (Å²) in [5, 5.41) is 8.20. The smallest absolute Gasteiger partial charge is 0.180 e. The zero-order valence-electron chi connectivity index (χ0n) is 11.0. The van der Waals surface area contributed by atoms with Gasteiger partial charge in [0.15, 0.2) is 5.17 Å². The standard InChI is InChI=1S/C15H13BrFN3S/c16-14-8-13(17)7-6-12(14)9-19-20-15(18)21-10-11-4-2-1-3-5-11/h1-9H,10H2,(H2,18,20). The second-order valence-corrected chi connectivity index (χ2v) is 5.97. The number of thioether (sulfide) groups is 1. The number of nitrogens with zero attached hydrogens (tertiary/aromatic N) is 2. The quantitative estimate of drug-likeness (QED) is 0.502. The molecule has 0 radical (unpaired) electrons. The third-order valence-electron chi connectivity index (χ3n) is 2.55. The van der Waals surface area contributed by atoms with Crippen LogP contribution >= 0.6 is 27.7 Å². The largest absolute Gasteiger partial charge is 0.377 e. The topological polar surface area (TPSA) is 50.7 Å². The molecule has 2 aromatic carbocycles. The van der Waals surface area contributed by atoms with E-state index in [1.54, 1.807) is 6.07 Å². The first kappa shape index (κ1) is 15.7. The number of amidine groups is 1. The van der Waals surface area contributed by atoms with Gasteiger partial charge in [0.2, 0.25) is 0 Å². The lowest BCUT2D eigenvalue weighted by Crippen LogP contribution is -2.06. The molecule has 0 atom stereocenters. The zero-order valence-corrected chi connectivity index (χ0v) is 13.4. The van der Waals surface area contributed by atoms with Crippen LogP contribution in [0.4, 0.5) is 4.39 Å². The number of hydrogen-bond donors (Lipinski definition) is 1. The molecule has 108 valence electrons.